The van der Waals surface area contributed by atoms with E-state index in [0.717, 1.165) is 30.7 Å². The summed E-state index contributed by atoms with van der Waals surface area (Å²) in [4.78, 5) is 140. The summed E-state index contributed by atoms with van der Waals surface area (Å²) in [5, 5.41) is 0. The molecule has 0 N–H and O–H groups in total. The molecule has 0 aliphatic carbocycles. The van der Waals surface area contributed by atoms with Crippen LogP contribution in [0.5, 0.6) is 11.8 Å². The van der Waals surface area contributed by atoms with Crippen LogP contribution in [-0.4, -0.2) is 178 Å². The highest BCUT2D eigenvalue weighted by molar-refractivity contribution is 5.94. The molecule has 86 heavy (non-hydrogen) atoms. The van der Waals surface area contributed by atoms with Crippen LogP contribution in [0.1, 0.15) is 129 Å². The van der Waals surface area contributed by atoms with E-state index in [0.29, 0.717) is 47.1 Å². The van der Waals surface area contributed by atoms with E-state index >= 15 is 9.59 Å². The number of aromatic nitrogens is 4. The summed E-state index contributed by atoms with van der Waals surface area (Å²) in [5.74, 6) is -6.90. The molecule has 0 saturated carbocycles. The Morgan fingerprint density at radius 3 is 0.919 bits per heavy atom. The predicted octanol–water partition coefficient (Wildman–Crippen LogP) is 6.44. The maximum atomic E-state index is 15.1. The number of carbonyl (C=O) groups excluding carboxylic acids is 8. The maximum Gasteiger partial charge on any atom is 0.329 e. The first-order valence-electron chi connectivity index (χ1n) is 29.3. The summed E-state index contributed by atoms with van der Waals surface area (Å²) in [5.41, 5.74) is 4.26. The molecule has 22 heteroatoms. The number of ether oxygens (including phenoxy) is 6. The van der Waals surface area contributed by atoms with Crippen LogP contribution >= 0.6 is 0 Å². The van der Waals surface area contributed by atoms with Gasteiger partial charge in [-0.3, -0.25) is 29.1 Å². The number of benzene rings is 2. The minimum absolute atomic E-state index is 0.0650. The molecule has 4 aromatic rings. The number of esters is 4. The van der Waals surface area contributed by atoms with Gasteiger partial charge in [-0.2, -0.15) is 0 Å². The van der Waals surface area contributed by atoms with Gasteiger partial charge < -0.3 is 48.0 Å². The van der Waals surface area contributed by atoms with E-state index in [2.05, 4.69) is 19.9 Å². The second kappa shape index (κ2) is 31.9. The standard InChI is InChI=1S/C64H88N8O14/c1-37(2)25-49-61(77)83-41(9)57(73)69(11)52(28-40(7)8)64(80)86-54(32-46-23-19-44(20-24-46)30-48-34-68-56(82-16)36-66-48)60(76)72(14)50(26-38(3)4)62(78)84-42(10)58(74)70(12)51(27-39(5)6)63(79)85-53(59(75)71(49)13)31-45-21-17-43(18-22-45)29-47-33-67-55(81-15)35-65-47/h17-24,33-42,49-54H,25-32H2,1-16H3/t41-,42-,49+,50+,51+,52+,53-,54-/m1/s1. The largest absolute Gasteiger partial charge is 0.480 e. The fraction of sp³-hybridized carbons (Fsp3) is 0.562. The summed E-state index contributed by atoms with van der Waals surface area (Å²) in [7, 11) is 8.52. The first kappa shape index (κ1) is 68.7. The molecule has 1 saturated heterocycles. The van der Waals surface area contributed by atoms with Crippen LogP contribution in [0.3, 0.4) is 0 Å². The van der Waals surface area contributed by atoms with Crippen LogP contribution in [0.2, 0.25) is 0 Å². The Bertz CT molecular complexity index is 2710. The van der Waals surface area contributed by atoms with E-state index < -0.39 is 96.1 Å². The van der Waals surface area contributed by atoms with Gasteiger partial charge in [-0.1, -0.05) is 104 Å². The summed E-state index contributed by atoms with van der Waals surface area (Å²) < 4.78 is 34.5. The predicted molar refractivity (Wildman–Crippen MR) is 318 cm³/mol. The minimum Gasteiger partial charge on any atom is -0.480 e. The van der Waals surface area contributed by atoms with Crippen molar-refractivity contribution in [3.8, 4) is 11.8 Å². The molecule has 468 valence electrons. The Morgan fingerprint density at radius 2 is 0.663 bits per heavy atom. The van der Waals surface area contributed by atoms with Crippen LogP contribution in [0.25, 0.3) is 0 Å². The van der Waals surface area contributed by atoms with Gasteiger partial charge in [0.1, 0.15) is 24.2 Å². The number of hydrogen-bond donors (Lipinski definition) is 0. The first-order valence-corrected chi connectivity index (χ1v) is 29.3. The normalized spacial score (nSPS) is 22.3. The van der Waals surface area contributed by atoms with E-state index in [1.54, 1.807) is 36.7 Å². The zero-order chi connectivity index (χ0) is 63.7. The van der Waals surface area contributed by atoms with Crippen molar-refractivity contribution in [2.45, 2.75) is 169 Å². The Hall–Kier alpha value is -8.04. The Labute approximate surface area is 506 Å². The minimum atomic E-state index is -1.56. The Morgan fingerprint density at radius 1 is 0.395 bits per heavy atom. The van der Waals surface area contributed by atoms with Gasteiger partial charge in [-0.15, -0.1) is 0 Å². The number of nitrogens with zero attached hydrogens (tertiary/aromatic N) is 8. The number of hydrogen-bond acceptors (Lipinski definition) is 18. The number of methoxy groups -OCH3 is 2. The van der Waals surface area contributed by atoms with Gasteiger partial charge in [0.2, 0.25) is 11.8 Å². The molecular weight excluding hydrogens is 1100 g/mol. The molecule has 1 aliphatic heterocycles. The fourth-order valence-electron chi connectivity index (χ4n) is 9.99. The average molecular weight is 1190 g/mol. The highest BCUT2D eigenvalue weighted by Crippen LogP contribution is 2.25. The molecule has 5 rings (SSSR count). The quantitative estimate of drug-likeness (QED) is 0.0766. The molecule has 0 spiro atoms. The number of cyclic esters (lactones) is 4. The molecule has 0 bridgehead atoms. The third kappa shape index (κ3) is 19.5. The van der Waals surface area contributed by atoms with Crippen molar-refractivity contribution < 1.29 is 66.8 Å². The number of rotatable bonds is 18. The Balaban J connectivity index is 1.58. The van der Waals surface area contributed by atoms with Crippen LogP contribution < -0.4 is 9.47 Å². The molecule has 22 nitrogen and oxygen atoms in total. The molecule has 0 radical (unpaired) electrons. The first-order chi connectivity index (χ1) is 40.6. The van der Waals surface area contributed by atoms with E-state index in [1.165, 1.54) is 68.7 Å². The molecule has 3 heterocycles. The van der Waals surface area contributed by atoms with Crippen molar-refractivity contribution in [1.82, 2.24) is 39.5 Å². The summed E-state index contributed by atoms with van der Waals surface area (Å²) >= 11 is 0. The van der Waals surface area contributed by atoms with Crippen molar-refractivity contribution in [2.24, 2.45) is 23.7 Å². The second-order valence-corrected chi connectivity index (χ2v) is 23.9. The summed E-state index contributed by atoms with van der Waals surface area (Å²) in [6, 6.07) is 9.25. The van der Waals surface area contributed by atoms with Crippen molar-refractivity contribution in [1.29, 1.82) is 0 Å². The molecule has 2 aromatic carbocycles. The topological polar surface area (TPSA) is 256 Å². The molecule has 8 atom stereocenters. The Kier molecular flexibility index (Phi) is 25.5. The highest BCUT2D eigenvalue weighted by Gasteiger charge is 2.43. The molecule has 0 unspecified atom stereocenters. The molecule has 4 amide bonds. The van der Waals surface area contributed by atoms with E-state index in [4.69, 9.17) is 28.4 Å². The van der Waals surface area contributed by atoms with E-state index in [9.17, 15) is 28.8 Å². The van der Waals surface area contributed by atoms with Crippen LogP contribution in [0, 0.1) is 23.7 Å². The number of likely N-dealkylation sites (N-methyl/N-ethyl adjacent to an activating group) is 4. The zero-order valence-electron chi connectivity index (χ0n) is 52.8. The lowest BCUT2D eigenvalue weighted by Crippen LogP contribution is -2.55. The monoisotopic (exact) mass is 1190 g/mol. The molecule has 2 aromatic heterocycles. The van der Waals surface area contributed by atoms with Crippen molar-refractivity contribution in [3.05, 3.63) is 107 Å². The number of carbonyl (C=O) groups is 8. The van der Waals surface area contributed by atoms with Crippen LogP contribution in [0.4, 0.5) is 0 Å². The lowest BCUT2D eigenvalue weighted by Gasteiger charge is -2.35. The maximum absolute atomic E-state index is 15.1. The van der Waals surface area contributed by atoms with Crippen LogP contribution in [-0.2, 0) is 83.0 Å². The van der Waals surface area contributed by atoms with Gasteiger partial charge >= 0.3 is 23.9 Å². The van der Waals surface area contributed by atoms with Gasteiger partial charge in [0.25, 0.3) is 23.6 Å². The molecule has 1 fully saturated rings. The average Bonchev–Trinajstić information content (AvgIpc) is 3.18. The molecule has 1 aliphatic rings. The SMILES string of the molecule is COc1cnc(Cc2ccc(C[C@H]3OC(=O)[C@H](CC(C)C)N(C)C(=O)[C@@H](C)OC(=O)[C@H](CC(C)C)N(C)C(=O)[C@@H](Cc4ccc(Cc5cnc(OC)cn5)cc4)OC(=O)[C@H](CC(C)C)N(C)C(=O)[C@@H](C)OC(=O)[C@H](CC(C)C)N(C)C3=O)cc2)cn1. The van der Waals surface area contributed by atoms with Gasteiger partial charge in [0.05, 0.1) is 50.4 Å². The summed E-state index contributed by atoms with van der Waals surface area (Å²) in [6.45, 7) is 17.5. The number of amides is 4. The highest BCUT2D eigenvalue weighted by atomic mass is 16.6. The van der Waals surface area contributed by atoms with Crippen molar-refractivity contribution in [3.63, 3.8) is 0 Å². The van der Waals surface area contributed by atoms with Crippen LogP contribution in [0.15, 0.2) is 73.3 Å². The lowest BCUT2D eigenvalue weighted by molar-refractivity contribution is -0.176. The lowest BCUT2D eigenvalue weighted by atomic mass is 9.99. The zero-order valence-corrected chi connectivity index (χ0v) is 52.8. The van der Waals surface area contributed by atoms with E-state index in [1.807, 2.05) is 79.7 Å². The molecular formula is C64H88N8O14. The second-order valence-electron chi connectivity index (χ2n) is 23.9. The summed E-state index contributed by atoms with van der Waals surface area (Å²) in [6.07, 6.45) is 0.905. The smallest absolute Gasteiger partial charge is 0.329 e. The van der Waals surface area contributed by atoms with Gasteiger partial charge in [0.15, 0.2) is 24.4 Å². The van der Waals surface area contributed by atoms with E-state index in [-0.39, 0.29) is 62.2 Å². The van der Waals surface area contributed by atoms with Crippen molar-refractivity contribution in [2.75, 3.05) is 42.4 Å². The fourth-order valence-corrected chi connectivity index (χ4v) is 9.99. The van der Waals surface area contributed by atoms with Gasteiger partial charge in [-0.05, 0) is 85.5 Å². The van der Waals surface area contributed by atoms with Gasteiger partial charge in [-0.25, -0.2) is 29.1 Å². The third-order valence-corrected chi connectivity index (χ3v) is 14.9. The van der Waals surface area contributed by atoms with Gasteiger partial charge in [0, 0.05) is 53.9 Å². The third-order valence-electron chi connectivity index (χ3n) is 14.9. The van der Waals surface area contributed by atoms with Crippen molar-refractivity contribution >= 4 is 47.5 Å².